The van der Waals surface area contributed by atoms with E-state index in [2.05, 4.69) is 9.13 Å². The van der Waals surface area contributed by atoms with Crippen molar-refractivity contribution in [2.75, 3.05) is 5.75 Å². The number of aromatic nitrogens is 2. The summed E-state index contributed by atoms with van der Waals surface area (Å²) in [5.74, 6) is 0.764. The first-order valence-electron chi connectivity index (χ1n) is 8.05. The number of hydrogen-bond donors (Lipinski definition) is 1. The highest BCUT2D eigenvalue weighted by molar-refractivity contribution is 7.99. The van der Waals surface area contributed by atoms with Gasteiger partial charge in [-0.05, 0) is 30.8 Å². The number of para-hydroxylation sites is 2. The summed E-state index contributed by atoms with van der Waals surface area (Å²) in [4.78, 5) is 12.7. The molecule has 0 saturated heterocycles. The maximum atomic E-state index is 12.7. The number of aliphatic hydroxyl groups is 1. The van der Waals surface area contributed by atoms with Crippen molar-refractivity contribution < 1.29 is 14.5 Å². The maximum Gasteiger partial charge on any atom is 0.319 e. The van der Waals surface area contributed by atoms with E-state index in [9.17, 15) is 9.90 Å². The fourth-order valence-corrected chi connectivity index (χ4v) is 4.26. The minimum atomic E-state index is -0.348. The minimum Gasteiger partial charge on any atom is -0.388 e. The molecule has 2 aromatic carbocycles. The number of ketones is 1. The number of fused-ring (bicyclic) bond motifs is 3. The van der Waals surface area contributed by atoms with Crippen molar-refractivity contribution in [2.24, 2.45) is 0 Å². The van der Waals surface area contributed by atoms with E-state index in [0.29, 0.717) is 18.8 Å². The second kappa shape index (κ2) is 6.07. The van der Waals surface area contributed by atoms with E-state index in [1.165, 1.54) is 0 Å². The molecule has 0 radical (unpaired) electrons. The van der Waals surface area contributed by atoms with E-state index in [1.807, 2.05) is 55.5 Å². The summed E-state index contributed by atoms with van der Waals surface area (Å²) in [5.41, 5.74) is 3.98. The molecule has 4 rings (SSSR count). The Balaban J connectivity index is 1.76. The summed E-state index contributed by atoms with van der Waals surface area (Å²) in [6.45, 7) is 2.91. The standard InChI is InChI=1S/C19H19N2O2S/c1-13-6-8-14(9-7-13)18(23)11-21-17-5-3-2-4-16(17)20-10-15(22)12-24-19(20)21/h2-9,15,22H,10-12H2,1H3/q+1/t15-/m0/s1. The fourth-order valence-electron chi connectivity index (χ4n) is 3.17. The topological polar surface area (TPSA) is 46.1 Å². The molecule has 5 heteroatoms. The lowest BCUT2D eigenvalue weighted by Crippen LogP contribution is -2.45. The molecule has 0 fully saturated rings. The van der Waals surface area contributed by atoms with Gasteiger partial charge >= 0.3 is 5.16 Å². The van der Waals surface area contributed by atoms with Gasteiger partial charge in [-0.25, -0.2) is 9.13 Å². The van der Waals surface area contributed by atoms with Crippen LogP contribution in [0.15, 0.2) is 53.7 Å². The van der Waals surface area contributed by atoms with Gasteiger partial charge < -0.3 is 5.11 Å². The predicted molar refractivity (Wildman–Crippen MR) is 94.4 cm³/mol. The van der Waals surface area contributed by atoms with Crippen LogP contribution in [0.4, 0.5) is 0 Å². The van der Waals surface area contributed by atoms with E-state index < -0.39 is 0 Å². The fraction of sp³-hybridized carbons (Fsp3) is 0.263. The van der Waals surface area contributed by atoms with Crippen LogP contribution in [0, 0.1) is 6.92 Å². The second-order valence-electron chi connectivity index (χ2n) is 6.22. The number of Topliss-reactive ketones (excluding diaryl/α,β-unsaturated/α-hetero) is 1. The lowest BCUT2D eigenvalue weighted by atomic mass is 10.1. The van der Waals surface area contributed by atoms with Gasteiger partial charge in [-0.3, -0.25) is 4.79 Å². The van der Waals surface area contributed by atoms with E-state index in [-0.39, 0.29) is 11.9 Å². The summed E-state index contributed by atoms with van der Waals surface area (Å²) in [6, 6.07) is 15.8. The van der Waals surface area contributed by atoms with Crippen molar-refractivity contribution in [3.05, 3.63) is 59.7 Å². The predicted octanol–water partition coefficient (Wildman–Crippen LogP) is 2.59. The molecule has 1 aromatic heterocycles. The lowest BCUT2D eigenvalue weighted by molar-refractivity contribution is -0.717. The monoisotopic (exact) mass is 339 g/mol. The first-order valence-corrected chi connectivity index (χ1v) is 9.04. The Bertz CT molecular complexity index is 915. The summed E-state index contributed by atoms with van der Waals surface area (Å²) < 4.78 is 4.20. The van der Waals surface area contributed by atoms with Gasteiger partial charge in [-0.15, -0.1) is 0 Å². The van der Waals surface area contributed by atoms with Crippen LogP contribution in [-0.4, -0.2) is 27.3 Å². The van der Waals surface area contributed by atoms with Gasteiger partial charge in [0.1, 0.15) is 12.6 Å². The minimum absolute atomic E-state index is 0.103. The number of benzene rings is 2. The first kappa shape index (κ1) is 15.4. The molecule has 1 aliphatic heterocycles. The molecule has 3 aromatic rings. The van der Waals surface area contributed by atoms with Crippen LogP contribution >= 0.6 is 11.8 Å². The number of aryl methyl sites for hydroxylation is 1. The number of thioether (sulfide) groups is 1. The Hall–Kier alpha value is -2.11. The molecule has 4 nitrogen and oxygen atoms in total. The third kappa shape index (κ3) is 2.64. The zero-order valence-corrected chi connectivity index (χ0v) is 14.3. The van der Waals surface area contributed by atoms with Crippen molar-refractivity contribution in [1.29, 1.82) is 0 Å². The summed E-state index contributed by atoms with van der Waals surface area (Å²) in [7, 11) is 0. The average molecular weight is 339 g/mol. The Morgan fingerprint density at radius 1 is 1.25 bits per heavy atom. The third-order valence-electron chi connectivity index (χ3n) is 4.40. The van der Waals surface area contributed by atoms with Gasteiger partial charge in [0.25, 0.3) is 0 Å². The number of carbonyl (C=O) groups excluding carboxylic acids is 1. The lowest BCUT2D eigenvalue weighted by Gasteiger charge is -2.14. The van der Waals surface area contributed by atoms with E-state index in [4.69, 9.17) is 0 Å². The zero-order chi connectivity index (χ0) is 16.7. The van der Waals surface area contributed by atoms with Crippen LogP contribution in [0.3, 0.4) is 0 Å². The van der Waals surface area contributed by atoms with Crippen molar-refractivity contribution in [3.63, 3.8) is 0 Å². The molecular formula is C19H19N2O2S+. The highest BCUT2D eigenvalue weighted by Crippen LogP contribution is 2.27. The second-order valence-corrected chi connectivity index (χ2v) is 7.21. The summed E-state index contributed by atoms with van der Waals surface area (Å²) in [6.07, 6.45) is -0.348. The number of imidazole rings is 1. The molecule has 2 heterocycles. The summed E-state index contributed by atoms with van der Waals surface area (Å²) >= 11 is 1.61. The Labute approximate surface area is 144 Å². The molecule has 122 valence electrons. The van der Waals surface area contributed by atoms with Crippen LogP contribution in [0.2, 0.25) is 0 Å². The number of nitrogens with zero attached hydrogens (tertiary/aromatic N) is 2. The number of hydrogen-bond acceptors (Lipinski definition) is 3. The van der Waals surface area contributed by atoms with E-state index >= 15 is 0 Å². The van der Waals surface area contributed by atoms with Crippen molar-refractivity contribution in [3.8, 4) is 0 Å². The van der Waals surface area contributed by atoms with Crippen molar-refractivity contribution >= 4 is 28.6 Å². The Kier molecular flexibility index (Phi) is 3.90. The van der Waals surface area contributed by atoms with Crippen molar-refractivity contribution in [2.45, 2.75) is 31.3 Å². The number of carbonyl (C=O) groups is 1. The first-order chi connectivity index (χ1) is 11.6. The molecule has 0 bridgehead atoms. The molecule has 1 N–H and O–H groups in total. The average Bonchev–Trinajstić information content (AvgIpc) is 2.89. The molecule has 1 aliphatic rings. The van der Waals surface area contributed by atoms with Crippen LogP contribution in [0.1, 0.15) is 15.9 Å². The highest BCUT2D eigenvalue weighted by atomic mass is 32.2. The third-order valence-corrected chi connectivity index (χ3v) is 5.65. The van der Waals surface area contributed by atoms with Gasteiger partial charge in [0, 0.05) is 11.3 Å². The van der Waals surface area contributed by atoms with Crippen LogP contribution in [0.25, 0.3) is 11.0 Å². The maximum absolute atomic E-state index is 12.7. The largest absolute Gasteiger partial charge is 0.388 e. The smallest absolute Gasteiger partial charge is 0.319 e. The van der Waals surface area contributed by atoms with Crippen LogP contribution in [-0.2, 0) is 13.1 Å². The molecule has 0 saturated carbocycles. The normalized spacial score (nSPS) is 17.0. The Morgan fingerprint density at radius 2 is 2.00 bits per heavy atom. The Morgan fingerprint density at radius 3 is 2.79 bits per heavy atom. The molecule has 24 heavy (non-hydrogen) atoms. The molecular weight excluding hydrogens is 320 g/mol. The van der Waals surface area contributed by atoms with E-state index in [1.54, 1.807) is 11.8 Å². The van der Waals surface area contributed by atoms with Gasteiger partial charge in [0.15, 0.2) is 17.6 Å². The van der Waals surface area contributed by atoms with Gasteiger partial charge in [0.2, 0.25) is 5.78 Å². The van der Waals surface area contributed by atoms with E-state index in [0.717, 1.165) is 27.3 Å². The molecule has 0 unspecified atom stereocenters. The van der Waals surface area contributed by atoms with Crippen LogP contribution in [0.5, 0.6) is 0 Å². The molecule has 0 amide bonds. The SMILES string of the molecule is Cc1ccc(C(=O)Cn2c3[n+](c4ccccc42)C[C@H](O)CS3)cc1. The quantitative estimate of drug-likeness (QED) is 0.589. The molecule has 0 spiro atoms. The van der Waals surface area contributed by atoms with Gasteiger partial charge in [-0.1, -0.05) is 42.0 Å². The van der Waals surface area contributed by atoms with Gasteiger partial charge in [0.05, 0.1) is 0 Å². The van der Waals surface area contributed by atoms with Crippen LogP contribution < -0.4 is 4.57 Å². The number of rotatable bonds is 3. The molecule has 0 aliphatic carbocycles. The summed E-state index contributed by atoms with van der Waals surface area (Å²) in [5, 5.41) is 11.0. The van der Waals surface area contributed by atoms with Gasteiger partial charge in [-0.2, -0.15) is 0 Å². The zero-order valence-electron chi connectivity index (χ0n) is 13.5. The van der Waals surface area contributed by atoms with Crippen molar-refractivity contribution in [1.82, 2.24) is 4.57 Å². The highest BCUT2D eigenvalue weighted by Gasteiger charge is 2.32. The number of aliphatic hydroxyl groups excluding tert-OH is 1. The molecule has 1 atom stereocenters.